The third kappa shape index (κ3) is 4.09. The Hall–Kier alpha value is -2.33. The van der Waals surface area contributed by atoms with E-state index in [0.717, 1.165) is 5.56 Å². The van der Waals surface area contributed by atoms with Crippen molar-refractivity contribution in [2.24, 2.45) is 0 Å². The van der Waals surface area contributed by atoms with Crippen molar-refractivity contribution in [3.8, 4) is 0 Å². The molecule has 5 heteroatoms. The first kappa shape index (κ1) is 16.0. The number of hydrogen-bond donors (Lipinski definition) is 1. The molecule has 1 atom stereocenters. The summed E-state index contributed by atoms with van der Waals surface area (Å²) in [5, 5.41) is 10.1. The number of carbonyl (C=O) groups is 1. The van der Waals surface area contributed by atoms with E-state index in [0.29, 0.717) is 17.1 Å². The Morgan fingerprint density at radius 2 is 2.09 bits per heavy atom. The van der Waals surface area contributed by atoms with Crippen LogP contribution in [0.25, 0.3) is 0 Å². The maximum absolute atomic E-state index is 11.7. The van der Waals surface area contributed by atoms with Crippen LogP contribution in [0.15, 0.2) is 61.3 Å². The molecule has 1 aromatic carbocycles. The van der Waals surface area contributed by atoms with Gasteiger partial charge in [-0.3, -0.25) is 9.88 Å². The van der Waals surface area contributed by atoms with E-state index < -0.39 is 12.1 Å². The van der Waals surface area contributed by atoms with Gasteiger partial charge in [-0.25, -0.2) is 4.79 Å². The fourth-order valence-corrected chi connectivity index (χ4v) is 2.43. The van der Waals surface area contributed by atoms with Crippen LogP contribution in [0.3, 0.4) is 0 Å². The van der Waals surface area contributed by atoms with Crippen LogP contribution in [0.5, 0.6) is 0 Å². The number of hydrogen-bond acceptors (Lipinski definition) is 2. The molecule has 1 aromatic heterocycles. The van der Waals surface area contributed by atoms with Gasteiger partial charge in [0.2, 0.25) is 0 Å². The van der Waals surface area contributed by atoms with Gasteiger partial charge in [0.15, 0.2) is 0 Å². The van der Waals surface area contributed by atoms with Gasteiger partial charge in [0.25, 0.3) is 0 Å². The van der Waals surface area contributed by atoms with Gasteiger partial charge in [0.05, 0.1) is 11.7 Å². The van der Waals surface area contributed by atoms with Crippen LogP contribution >= 0.6 is 11.6 Å². The van der Waals surface area contributed by atoms with E-state index in [1.807, 2.05) is 30.3 Å². The van der Waals surface area contributed by atoms with Gasteiger partial charge >= 0.3 is 6.09 Å². The second kappa shape index (κ2) is 7.61. The molecular weight excluding hydrogens is 300 g/mol. The van der Waals surface area contributed by atoms with Crippen molar-refractivity contribution in [3.05, 3.63) is 77.6 Å². The predicted octanol–water partition coefficient (Wildman–Crippen LogP) is 4.53. The van der Waals surface area contributed by atoms with Crippen LogP contribution < -0.4 is 0 Å². The molecule has 0 aliphatic heterocycles. The zero-order chi connectivity index (χ0) is 15.9. The summed E-state index contributed by atoms with van der Waals surface area (Å²) in [5.74, 6) is 0. The minimum atomic E-state index is -1.00. The van der Waals surface area contributed by atoms with Gasteiger partial charge in [0, 0.05) is 17.8 Å². The molecule has 0 saturated heterocycles. The third-order valence-corrected chi connectivity index (χ3v) is 3.53. The Bertz CT molecular complexity index is 646. The summed E-state index contributed by atoms with van der Waals surface area (Å²) in [5.41, 5.74) is 1.53. The molecular formula is C17H17ClN2O2. The van der Waals surface area contributed by atoms with Gasteiger partial charge in [-0.1, -0.05) is 48.0 Å². The van der Waals surface area contributed by atoms with Crippen LogP contribution in [0.2, 0.25) is 5.02 Å². The fourth-order valence-electron chi connectivity index (χ4n) is 2.26. The van der Waals surface area contributed by atoms with Crippen molar-refractivity contribution in [3.63, 3.8) is 0 Å². The van der Waals surface area contributed by atoms with Gasteiger partial charge < -0.3 is 5.11 Å². The molecule has 1 N–H and O–H groups in total. The van der Waals surface area contributed by atoms with Crippen molar-refractivity contribution in [2.45, 2.75) is 19.0 Å². The third-order valence-electron chi connectivity index (χ3n) is 3.29. The molecule has 4 nitrogen and oxygen atoms in total. The van der Waals surface area contributed by atoms with Crippen molar-refractivity contribution in [2.75, 3.05) is 0 Å². The molecule has 0 bridgehead atoms. The molecule has 0 saturated carbocycles. The Morgan fingerprint density at radius 1 is 1.36 bits per heavy atom. The van der Waals surface area contributed by atoms with Crippen LogP contribution in [0.1, 0.15) is 23.7 Å². The maximum Gasteiger partial charge on any atom is 0.408 e. The van der Waals surface area contributed by atoms with E-state index >= 15 is 0 Å². The van der Waals surface area contributed by atoms with Crippen molar-refractivity contribution >= 4 is 17.7 Å². The van der Waals surface area contributed by atoms with E-state index in [4.69, 9.17) is 11.6 Å². The maximum atomic E-state index is 11.7. The highest BCUT2D eigenvalue weighted by Gasteiger charge is 2.25. The molecule has 0 aliphatic rings. The molecule has 0 aliphatic carbocycles. The fraction of sp³-hybridized carbons (Fsp3) is 0.176. The lowest BCUT2D eigenvalue weighted by atomic mass is 10.1. The Kier molecular flexibility index (Phi) is 5.55. The highest BCUT2D eigenvalue weighted by atomic mass is 35.5. The Balaban J connectivity index is 2.33. The molecule has 2 aromatic rings. The standard InChI is InChI=1S/C17H17ClN2O2/c1-2-6-16(15-11-14(18)9-10-19-15)20(17(21)22)12-13-7-4-3-5-8-13/h2-5,7-11,16H,1,6,12H2,(H,21,22). The average molecular weight is 317 g/mol. The van der Waals surface area contributed by atoms with E-state index in [1.165, 1.54) is 4.90 Å². The second-order valence-corrected chi connectivity index (χ2v) is 5.27. The number of pyridine rings is 1. The minimum Gasteiger partial charge on any atom is -0.465 e. The molecule has 22 heavy (non-hydrogen) atoms. The molecule has 0 fully saturated rings. The summed E-state index contributed by atoms with van der Waals surface area (Å²) in [4.78, 5) is 17.3. The van der Waals surface area contributed by atoms with Crippen LogP contribution in [0.4, 0.5) is 4.79 Å². The van der Waals surface area contributed by atoms with Crippen molar-refractivity contribution in [1.29, 1.82) is 0 Å². The first-order chi connectivity index (χ1) is 10.6. The highest BCUT2D eigenvalue weighted by Crippen LogP contribution is 2.27. The molecule has 0 radical (unpaired) electrons. The quantitative estimate of drug-likeness (QED) is 0.796. The molecule has 1 heterocycles. The summed E-state index contributed by atoms with van der Waals surface area (Å²) in [6, 6.07) is 12.4. The van der Waals surface area contributed by atoms with Gasteiger partial charge in [-0.15, -0.1) is 6.58 Å². The van der Waals surface area contributed by atoms with Crippen molar-refractivity contribution < 1.29 is 9.90 Å². The lowest BCUT2D eigenvalue weighted by Gasteiger charge is -2.28. The average Bonchev–Trinajstić information content (AvgIpc) is 2.51. The summed E-state index contributed by atoms with van der Waals surface area (Å²) in [6.07, 6.45) is 2.73. The highest BCUT2D eigenvalue weighted by molar-refractivity contribution is 6.30. The number of aromatic nitrogens is 1. The summed E-state index contributed by atoms with van der Waals surface area (Å²) in [6.45, 7) is 4.00. The second-order valence-electron chi connectivity index (χ2n) is 4.84. The Labute approximate surface area is 134 Å². The normalized spacial score (nSPS) is 11.7. The minimum absolute atomic E-state index is 0.281. The van der Waals surface area contributed by atoms with E-state index in [1.54, 1.807) is 24.4 Å². The number of halogens is 1. The van der Waals surface area contributed by atoms with E-state index in [-0.39, 0.29) is 6.54 Å². The topological polar surface area (TPSA) is 53.4 Å². The zero-order valence-electron chi connectivity index (χ0n) is 12.0. The number of nitrogens with zero attached hydrogens (tertiary/aromatic N) is 2. The van der Waals surface area contributed by atoms with E-state index in [9.17, 15) is 9.90 Å². The molecule has 114 valence electrons. The molecule has 2 rings (SSSR count). The van der Waals surface area contributed by atoms with Crippen LogP contribution in [-0.4, -0.2) is 21.1 Å². The molecule has 1 amide bonds. The van der Waals surface area contributed by atoms with Gasteiger partial charge in [-0.2, -0.15) is 0 Å². The lowest BCUT2D eigenvalue weighted by Crippen LogP contribution is -2.33. The largest absolute Gasteiger partial charge is 0.465 e. The number of rotatable bonds is 6. The summed E-state index contributed by atoms with van der Waals surface area (Å²) < 4.78 is 0. The van der Waals surface area contributed by atoms with Gasteiger partial charge in [-0.05, 0) is 24.1 Å². The first-order valence-electron chi connectivity index (χ1n) is 6.87. The number of amides is 1. The SMILES string of the molecule is C=CCC(c1cc(Cl)ccn1)N(Cc1ccccc1)C(=O)O. The summed E-state index contributed by atoms with van der Waals surface area (Å²) >= 11 is 6.00. The van der Waals surface area contributed by atoms with Gasteiger partial charge in [0.1, 0.15) is 0 Å². The zero-order valence-corrected chi connectivity index (χ0v) is 12.8. The first-order valence-corrected chi connectivity index (χ1v) is 7.25. The molecule has 1 unspecified atom stereocenters. The Morgan fingerprint density at radius 3 is 2.68 bits per heavy atom. The monoisotopic (exact) mass is 316 g/mol. The van der Waals surface area contributed by atoms with Crippen LogP contribution in [-0.2, 0) is 6.54 Å². The summed E-state index contributed by atoms with van der Waals surface area (Å²) in [7, 11) is 0. The van der Waals surface area contributed by atoms with Crippen LogP contribution in [0, 0.1) is 0 Å². The predicted molar refractivity (Wildman–Crippen MR) is 86.8 cm³/mol. The lowest BCUT2D eigenvalue weighted by molar-refractivity contribution is 0.119. The number of benzene rings is 1. The smallest absolute Gasteiger partial charge is 0.408 e. The number of carboxylic acid groups (broad SMARTS) is 1. The van der Waals surface area contributed by atoms with E-state index in [2.05, 4.69) is 11.6 Å². The van der Waals surface area contributed by atoms with Crippen molar-refractivity contribution in [1.82, 2.24) is 9.88 Å². The molecule has 0 spiro atoms.